The molecule has 4 rings (SSSR count). The van der Waals surface area contributed by atoms with Crippen molar-refractivity contribution < 1.29 is 18.0 Å². The minimum Gasteiger partial charge on any atom is -0.383 e. The first-order valence-electron chi connectivity index (χ1n) is 13.0. The second kappa shape index (κ2) is 11.9. The topological polar surface area (TPSA) is 96.2 Å². The van der Waals surface area contributed by atoms with Crippen LogP contribution >= 0.6 is 0 Å². The number of carbonyl (C=O) groups excluding carboxylic acids is 1. The lowest BCUT2D eigenvalue weighted by Gasteiger charge is -2.20. The molecule has 0 radical (unpaired) electrons. The first-order chi connectivity index (χ1) is 18.9. The molecule has 1 heterocycles. The van der Waals surface area contributed by atoms with Crippen molar-refractivity contribution in [3.63, 3.8) is 0 Å². The minimum atomic E-state index is -4.55. The first kappa shape index (κ1) is 28.8. The van der Waals surface area contributed by atoms with Crippen molar-refractivity contribution in [3.8, 4) is 11.1 Å². The van der Waals surface area contributed by atoms with E-state index in [9.17, 15) is 18.0 Å². The molecule has 0 bridgehead atoms. The minimum absolute atomic E-state index is 0.0414. The standard InChI is InChI=1S/C30H33F3N6O/c1-18-7-8-21(16-23(18)20-9-11-25-22(15-20)17-36-29(34)37-25)28(40)38-27-19(2)24(30(31,32)33)10-12-26(27)35-13-5-6-14-39(3)4/h7-12,15-17,35H,5-6,13-14H2,1-4H3,(H,38,40)(H2,34,36,37). The Labute approximate surface area is 231 Å². The van der Waals surface area contributed by atoms with Gasteiger partial charge in [0.25, 0.3) is 5.91 Å². The second-order valence-corrected chi connectivity index (χ2v) is 10.1. The lowest BCUT2D eigenvalue weighted by Crippen LogP contribution is -2.18. The number of anilines is 3. The summed E-state index contributed by atoms with van der Waals surface area (Å²) < 4.78 is 41.1. The van der Waals surface area contributed by atoms with E-state index in [2.05, 4.69) is 25.5 Å². The van der Waals surface area contributed by atoms with Crippen LogP contribution in [0.4, 0.5) is 30.5 Å². The molecule has 0 fully saturated rings. The predicted molar refractivity (Wildman–Crippen MR) is 155 cm³/mol. The number of fused-ring (bicyclic) bond motifs is 1. The number of halogens is 3. The number of carbonyl (C=O) groups is 1. The van der Waals surface area contributed by atoms with Gasteiger partial charge >= 0.3 is 6.18 Å². The highest BCUT2D eigenvalue weighted by atomic mass is 19.4. The van der Waals surface area contributed by atoms with E-state index < -0.39 is 17.6 Å². The Morgan fingerprint density at radius 3 is 2.52 bits per heavy atom. The Bertz CT molecular complexity index is 1530. The molecule has 0 spiro atoms. The third-order valence-corrected chi connectivity index (χ3v) is 6.77. The normalized spacial score (nSPS) is 11.7. The number of aryl methyl sites for hydroxylation is 1. The third kappa shape index (κ3) is 6.69. The lowest BCUT2D eigenvalue weighted by molar-refractivity contribution is -0.138. The largest absolute Gasteiger partial charge is 0.416 e. The van der Waals surface area contributed by atoms with Crippen LogP contribution in [0.1, 0.15) is 39.9 Å². The summed E-state index contributed by atoms with van der Waals surface area (Å²) in [6.45, 7) is 4.77. The van der Waals surface area contributed by atoms with Crippen molar-refractivity contribution in [3.05, 3.63) is 77.0 Å². The van der Waals surface area contributed by atoms with Gasteiger partial charge < -0.3 is 21.3 Å². The van der Waals surface area contributed by atoms with E-state index in [0.29, 0.717) is 23.3 Å². The van der Waals surface area contributed by atoms with Gasteiger partial charge in [-0.05, 0) is 106 Å². The predicted octanol–water partition coefficient (Wildman–Crippen LogP) is 6.52. The van der Waals surface area contributed by atoms with Gasteiger partial charge in [-0.3, -0.25) is 4.79 Å². The first-order valence-corrected chi connectivity index (χ1v) is 13.0. The van der Waals surface area contributed by atoms with Crippen LogP contribution in [0.3, 0.4) is 0 Å². The maximum Gasteiger partial charge on any atom is 0.416 e. The zero-order chi connectivity index (χ0) is 29.0. The molecule has 0 unspecified atom stereocenters. The van der Waals surface area contributed by atoms with Crippen molar-refractivity contribution in [2.45, 2.75) is 32.9 Å². The smallest absolute Gasteiger partial charge is 0.383 e. The molecule has 10 heteroatoms. The van der Waals surface area contributed by atoms with Crippen LogP contribution in [0.25, 0.3) is 22.0 Å². The van der Waals surface area contributed by atoms with Crippen LogP contribution < -0.4 is 16.4 Å². The van der Waals surface area contributed by atoms with Gasteiger partial charge in [0.2, 0.25) is 5.95 Å². The molecular weight excluding hydrogens is 517 g/mol. The van der Waals surface area contributed by atoms with E-state index in [0.717, 1.165) is 47.5 Å². The number of unbranched alkanes of at least 4 members (excludes halogenated alkanes) is 1. The molecule has 0 saturated carbocycles. The Balaban J connectivity index is 1.63. The van der Waals surface area contributed by atoms with Crippen molar-refractivity contribution in [2.24, 2.45) is 0 Å². The van der Waals surface area contributed by atoms with E-state index >= 15 is 0 Å². The summed E-state index contributed by atoms with van der Waals surface area (Å²) in [5.41, 5.74) is 9.04. The molecular formula is C30H33F3N6O. The number of aromatic nitrogens is 2. The van der Waals surface area contributed by atoms with Crippen molar-refractivity contribution in [1.82, 2.24) is 14.9 Å². The van der Waals surface area contributed by atoms with E-state index in [-0.39, 0.29) is 17.2 Å². The number of nitrogen functional groups attached to an aromatic ring is 1. The van der Waals surface area contributed by atoms with E-state index in [1.807, 2.05) is 45.3 Å². The fourth-order valence-electron chi connectivity index (χ4n) is 4.58. The summed E-state index contributed by atoms with van der Waals surface area (Å²) in [5.74, 6) is -0.321. The Kier molecular flexibility index (Phi) is 8.58. The summed E-state index contributed by atoms with van der Waals surface area (Å²) in [6.07, 6.45) is -1.15. The number of amides is 1. The fourth-order valence-corrected chi connectivity index (χ4v) is 4.58. The Hall–Kier alpha value is -4.18. The van der Waals surface area contributed by atoms with Gasteiger partial charge in [-0.25, -0.2) is 9.97 Å². The van der Waals surface area contributed by atoms with Crippen LogP contribution in [0.15, 0.2) is 54.7 Å². The van der Waals surface area contributed by atoms with Gasteiger partial charge in [-0.1, -0.05) is 12.1 Å². The zero-order valence-corrected chi connectivity index (χ0v) is 23.0. The highest BCUT2D eigenvalue weighted by Crippen LogP contribution is 2.38. The molecule has 40 heavy (non-hydrogen) atoms. The Morgan fingerprint density at radius 1 is 1.02 bits per heavy atom. The molecule has 4 N–H and O–H groups in total. The number of nitrogens with zero attached hydrogens (tertiary/aromatic N) is 3. The number of rotatable bonds is 9. The molecule has 0 aliphatic rings. The average Bonchev–Trinajstić information content (AvgIpc) is 2.89. The monoisotopic (exact) mass is 550 g/mol. The average molecular weight is 551 g/mol. The van der Waals surface area contributed by atoms with E-state index in [1.165, 1.54) is 13.0 Å². The molecule has 3 aromatic carbocycles. The van der Waals surface area contributed by atoms with Crippen LogP contribution in [-0.2, 0) is 6.18 Å². The maximum absolute atomic E-state index is 13.7. The van der Waals surface area contributed by atoms with E-state index in [4.69, 9.17) is 5.73 Å². The lowest BCUT2D eigenvalue weighted by atomic mass is 9.96. The van der Waals surface area contributed by atoms with Gasteiger partial charge in [0.1, 0.15) is 0 Å². The molecule has 1 aromatic heterocycles. The summed E-state index contributed by atoms with van der Waals surface area (Å²) in [5, 5.41) is 6.76. The molecule has 7 nitrogen and oxygen atoms in total. The van der Waals surface area contributed by atoms with Crippen molar-refractivity contribution in [1.29, 1.82) is 0 Å². The molecule has 210 valence electrons. The summed E-state index contributed by atoms with van der Waals surface area (Å²) >= 11 is 0. The summed E-state index contributed by atoms with van der Waals surface area (Å²) in [7, 11) is 3.98. The van der Waals surface area contributed by atoms with Gasteiger partial charge in [0.05, 0.1) is 22.5 Å². The maximum atomic E-state index is 13.7. The molecule has 0 aliphatic heterocycles. The number of hydrogen-bond donors (Lipinski definition) is 3. The number of nitrogens with one attached hydrogen (secondary N) is 2. The third-order valence-electron chi connectivity index (χ3n) is 6.77. The Morgan fingerprint density at radius 2 is 1.80 bits per heavy atom. The second-order valence-electron chi connectivity index (χ2n) is 10.1. The van der Waals surface area contributed by atoms with Gasteiger partial charge in [-0.15, -0.1) is 0 Å². The van der Waals surface area contributed by atoms with E-state index in [1.54, 1.807) is 18.3 Å². The van der Waals surface area contributed by atoms with Crippen molar-refractivity contribution >= 4 is 34.1 Å². The van der Waals surface area contributed by atoms with Crippen molar-refractivity contribution in [2.75, 3.05) is 43.6 Å². The molecule has 4 aromatic rings. The summed E-state index contributed by atoms with van der Waals surface area (Å²) in [6, 6.07) is 13.3. The SMILES string of the molecule is Cc1ccc(C(=O)Nc2c(NCCCCN(C)C)ccc(C(F)(F)F)c2C)cc1-c1ccc2nc(N)ncc2c1. The summed E-state index contributed by atoms with van der Waals surface area (Å²) in [4.78, 5) is 23.8. The molecule has 0 saturated heterocycles. The van der Waals surface area contributed by atoms with Crippen LogP contribution in [0, 0.1) is 13.8 Å². The number of hydrogen-bond acceptors (Lipinski definition) is 6. The number of alkyl halides is 3. The van der Waals surface area contributed by atoms with Crippen LogP contribution in [0.5, 0.6) is 0 Å². The molecule has 0 atom stereocenters. The quantitative estimate of drug-likeness (QED) is 0.205. The number of benzene rings is 3. The molecule has 1 amide bonds. The van der Waals surface area contributed by atoms with Gasteiger partial charge in [0, 0.05) is 23.7 Å². The zero-order valence-electron chi connectivity index (χ0n) is 23.0. The fraction of sp³-hybridized carbons (Fsp3) is 0.300. The van der Waals surface area contributed by atoms with Crippen LogP contribution in [0.2, 0.25) is 0 Å². The highest BCUT2D eigenvalue weighted by Gasteiger charge is 2.34. The molecule has 0 aliphatic carbocycles. The number of nitrogens with two attached hydrogens (primary N) is 1. The van der Waals surface area contributed by atoms with Gasteiger partial charge in [0.15, 0.2) is 0 Å². The highest BCUT2D eigenvalue weighted by molar-refractivity contribution is 6.07. The van der Waals surface area contributed by atoms with Crippen LogP contribution in [-0.4, -0.2) is 48.0 Å². The van der Waals surface area contributed by atoms with Gasteiger partial charge in [-0.2, -0.15) is 13.2 Å².